The number of nitrogens with one attached hydrogen (secondary N) is 2. The minimum Gasteiger partial charge on any atom is -0.496 e. The molecular formula is C27H22ClN3O4. The molecule has 0 heterocycles. The van der Waals surface area contributed by atoms with Crippen molar-refractivity contribution in [3.63, 3.8) is 0 Å². The van der Waals surface area contributed by atoms with Crippen LogP contribution in [0.1, 0.15) is 15.9 Å². The maximum atomic E-state index is 12.7. The van der Waals surface area contributed by atoms with E-state index in [1.807, 2.05) is 48.5 Å². The van der Waals surface area contributed by atoms with E-state index in [-0.39, 0.29) is 12.5 Å². The first-order chi connectivity index (χ1) is 17.0. The highest BCUT2D eigenvalue weighted by Gasteiger charge is 2.13. The second kappa shape index (κ2) is 11.2. The van der Waals surface area contributed by atoms with E-state index in [1.165, 1.54) is 13.3 Å². The van der Waals surface area contributed by atoms with Gasteiger partial charge in [-0.05, 0) is 58.8 Å². The first-order valence-corrected chi connectivity index (χ1v) is 11.1. The standard InChI is InChI=1S/C27H22ClN3O4/c1-34-25-15-20-8-6-5-7-19(20)14-22(25)27(33)31-29-16-18-11-12-24(23(28)13-18)35-17-26(32)30-21-9-3-2-4-10-21/h2-16H,17H2,1H3,(H,30,32)(H,31,33)/b29-16-. The van der Waals surface area contributed by atoms with E-state index in [0.717, 1.165) is 10.8 Å². The summed E-state index contributed by atoms with van der Waals surface area (Å²) in [5.41, 5.74) is 4.20. The summed E-state index contributed by atoms with van der Waals surface area (Å²) >= 11 is 6.28. The molecule has 0 saturated carbocycles. The van der Waals surface area contributed by atoms with Crippen molar-refractivity contribution < 1.29 is 19.1 Å². The van der Waals surface area contributed by atoms with E-state index < -0.39 is 5.91 Å². The van der Waals surface area contributed by atoms with Crippen LogP contribution in [0.15, 0.2) is 90.0 Å². The lowest BCUT2D eigenvalue weighted by Crippen LogP contribution is -2.20. The SMILES string of the molecule is COc1cc2ccccc2cc1C(=O)N/N=C\c1ccc(OCC(=O)Nc2ccccc2)c(Cl)c1. The quantitative estimate of drug-likeness (QED) is 0.261. The molecule has 176 valence electrons. The predicted octanol–water partition coefficient (Wildman–Crippen LogP) is 5.28. The Morgan fingerprint density at radius 3 is 2.34 bits per heavy atom. The zero-order chi connectivity index (χ0) is 24.6. The first kappa shape index (κ1) is 23.8. The topological polar surface area (TPSA) is 89.0 Å². The van der Waals surface area contributed by atoms with Gasteiger partial charge >= 0.3 is 0 Å². The Morgan fingerprint density at radius 2 is 1.63 bits per heavy atom. The third kappa shape index (κ3) is 6.16. The molecule has 0 spiro atoms. The lowest BCUT2D eigenvalue weighted by atomic mass is 10.1. The van der Waals surface area contributed by atoms with Crippen LogP contribution in [0.3, 0.4) is 0 Å². The molecule has 0 aliphatic rings. The molecule has 4 rings (SSSR count). The summed E-state index contributed by atoms with van der Waals surface area (Å²) in [7, 11) is 1.51. The van der Waals surface area contributed by atoms with Crippen LogP contribution >= 0.6 is 11.6 Å². The number of anilines is 1. The Hall–Kier alpha value is -4.36. The summed E-state index contributed by atoms with van der Waals surface area (Å²) in [6, 6.07) is 25.3. The summed E-state index contributed by atoms with van der Waals surface area (Å²) in [6.07, 6.45) is 1.46. The van der Waals surface area contributed by atoms with Gasteiger partial charge in [-0.25, -0.2) is 5.43 Å². The Kier molecular flexibility index (Phi) is 7.60. The van der Waals surface area contributed by atoms with Crippen molar-refractivity contribution in [2.45, 2.75) is 0 Å². The minimum absolute atomic E-state index is 0.189. The van der Waals surface area contributed by atoms with Gasteiger partial charge in [-0.2, -0.15) is 5.10 Å². The van der Waals surface area contributed by atoms with Gasteiger partial charge in [0.25, 0.3) is 11.8 Å². The van der Waals surface area contributed by atoms with E-state index >= 15 is 0 Å². The number of fused-ring (bicyclic) bond motifs is 1. The fourth-order valence-corrected chi connectivity index (χ4v) is 3.61. The molecule has 0 unspecified atom stereocenters. The normalized spacial score (nSPS) is 10.8. The molecule has 0 aromatic heterocycles. The number of nitrogens with zero attached hydrogens (tertiary/aromatic N) is 1. The van der Waals surface area contributed by atoms with Crippen LogP contribution in [-0.4, -0.2) is 31.7 Å². The van der Waals surface area contributed by atoms with Crippen LogP contribution in [0.4, 0.5) is 5.69 Å². The molecule has 35 heavy (non-hydrogen) atoms. The number of ether oxygens (including phenoxy) is 2. The number of amides is 2. The zero-order valence-electron chi connectivity index (χ0n) is 18.8. The number of carbonyl (C=O) groups is 2. The summed E-state index contributed by atoms with van der Waals surface area (Å²) in [4.78, 5) is 24.7. The van der Waals surface area contributed by atoms with Gasteiger partial charge in [0.05, 0.1) is 23.9 Å². The van der Waals surface area contributed by atoms with E-state index in [4.69, 9.17) is 21.1 Å². The van der Waals surface area contributed by atoms with Crippen LogP contribution in [0.5, 0.6) is 11.5 Å². The van der Waals surface area contributed by atoms with Crippen LogP contribution in [-0.2, 0) is 4.79 Å². The van der Waals surface area contributed by atoms with Crippen molar-refractivity contribution in [2.24, 2.45) is 5.10 Å². The molecule has 0 saturated heterocycles. The molecule has 8 heteroatoms. The molecule has 0 aliphatic heterocycles. The van der Waals surface area contributed by atoms with Crippen molar-refractivity contribution in [3.05, 3.63) is 101 Å². The van der Waals surface area contributed by atoms with Crippen LogP contribution in [0.25, 0.3) is 10.8 Å². The minimum atomic E-state index is -0.403. The van der Waals surface area contributed by atoms with Crippen LogP contribution in [0, 0.1) is 0 Å². The average Bonchev–Trinajstić information content (AvgIpc) is 2.88. The van der Waals surface area contributed by atoms with Crippen molar-refractivity contribution in [2.75, 3.05) is 19.0 Å². The van der Waals surface area contributed by atoms with E-state index in [1.54, 1.807) is 36.4 Å². The summed E-state index contributed by atoms with van der Waals surface area (Å²) in [6.45, 7) is -0.189. The van der Waals surface area contributed by atoms with Crippen LogP contribution in [0.2, 0.25) is 5.02 Å². The number of hydrogen-bond donors (Lipinski definition) is 2. The van der Waals surface area contributed by atoms with Gasteiger partial charge in [-0.15, -0.1) is 0 Å². The number of rotatable bonds is 8. The highest BCUT2D eigenvalue weighted by molar-refractivity contribution is 6.32. The molecule has 0 bridgehead atoms. The van der Waals surface area contributed by atoms with Gasteiger partial charge in [0, 0.05) is 5.69 Å². The number of halogens is 1. The second-order valence-corrected chi connectivity index (χ2v) is 7.90. The number of carbonyl (C=O) groups excluding carboxylic acids is 2. The highest BCUT2D eigenvalue weighted by atomic mass is 35.5. The fraction of sp³-hybridized carbons (Fsp3) is 0.0741. The molecule has 0 atom stereocenters. The van der Waals surface area contributed by atoms with Crippen molar-refractivity contribution in [1.82, 2.24) is 5.43 Å². The Bertz CT molecular complexity index is 1390. The lowest BCUT2D eigenvalue weighted by Gasteiger charge is -2.10. The third-order valence-electron chi connectivity index (χ3n) is 5.06. The van der Waals surface area contributed by atoms with Crippen molar-refractivity contribution >= 4 is 46.1 Å². The first-order valence-electron chi connectivity index (χ1n) is 10.7. The number of methoxy groups -OCH3 is 1. The van der Waals surface area contributed by atoms with Gasteiger partial charge in [-0.1, -0.05) is 54.1 Å². The number of benzene rings is 4. The summed E-state index contributed by atoms with van der Waals surface area (Å²) < 4.78 is 10.9. The summed E-state index contributed by atoms with van der Waals surface area (Å²) in [5.74, 6) is 0.110. The molecule has 0 fully saturated rings. The fourth-order valence-electron chi connectivity index (χ4n) is 3.37. The monoisotopic (exact) mass is 487 g/mol. The molecule has 0 radical (unpaired) electrons. The molecule has 4 aromatic rings. The number of hydrogen-bond acceptors (Lipinski definition) is 5. The van der Waals surface area contributed by atoms with Crippen molar-refractivity contribution in [1.29, 1.82) is 0 Å². The zero-order valence-corrected chi connectivity index (χ0v) is 19.6. The molecule has 0 aliphatic carbocycles. The molecule has 4 aromatic carbocycles. The Balaban J connectivity index is 1.36. The average molecular weight is 488 g/mol. The van der Waals surface area contributed by atoms with Crippen LogP contribution < -0.4 is 20.2 Å². The van der Waals surface area contributed by atoms with Gasteiger partial charge in [-0.3, -0.25) is 9.59 Å². The Labute approximate surface area is 207 Å². The largest absolute Gasteiger partial charge is 0.496 e. The Morgan fingerprint density at radius 1 is 0.914 bits per heavy atom. The smallest absolute Gasteiger partial charge is 0.275 e. The number of hydrazone groups is 1. The molecular weight excluding hydrogens is 466 g/mol. The maximum Gasteiger partial charge on any atom is 0.275 e. The third-order valence-corrected chi connectivity index (χ3v) is 5.36. The molecule has 7 nitrogen and oxygen atoms in total. The maximum absolute atomic E-state index is 12.7. The summed E-state index contributed by atoms with van der Waals surface area (Å²) in [5, 5.41) is 8.96. The second-order valence-electron chi connectivity index (χ2n) is 7.49. The number of para-hydroxylation sites is 1. The van der Waals surface area contributed by atoms with Crippen molar-refractivity contribution in [3.8, 4) is 11.5 Å². The van der Waals surface area contributed by atoms with Gasteiger partial charge in [0.15, 0.2) is 6.61 Å². The van der Waals surface area contributed by atoms with E-state index in [2.05, 4.69) is 15.8 Å². The van der Waals surface area contributed by atoms with E-state index in [0.29, 0.717) is 33.3 Å². The molecule has 2 N–H and O–H groups in total. The van der Waals surface area contributed by atoms with Gasteiger partial charge in [0.2, 0.25) is 0 Å². The van der Waals surface area contributed by atoms with E-state index in [9.17, 15) is 9.59 Å². The van der Waals surface area contributed by atoms with Gasteiger partial charge in [0.1, 0.15) is 11.5 Å². The molecule has 2 amide bonds. The lowest BCUT2D eigenvalue weighted by molar-refractivity contribution is -0.118. The van der Waals surface area contributed by atoms with Gasteiger partial charge < -0.3 is 14.8 Å². The predicted molar refractivity (Wildman–Crippen MR) is 138 cm³/mol. The highest BCUT2D eigenvalue weighted by Crippen LogP contribution is 2.26.